The summed E-state index contributed by atoms with van der Waals surface area (Å²) in [5.41, 5.74) is 10.4. The molecule has 0 heterocycles. The third-order valence-electron chi connectivity index (χ3n) is 2.50. The van der Waals surface area contributed by atoms with E-state index in [0.717, 1.165) is 24.9 Å². The van der Waals surface area contributed by atoms with Crippen LogP contribution >= 0.6 is 0 Å². The Hall–Kier alpha value is -1.24. The van der Waals surface area contributed by atoms with Crippen molar-refractivity contribution in [3.63, 3.8) is 0 Å². The van der Waals surface area contributed by atoms with Gasteiger partial charge in [-0.25, -0.2) is 0 Å². The van der Waals surface area contributed by atoms with Gasteiger partial charge < -0.3 is 5.73 Å². The molecule has 0 aliphatic rings. The highest BCUT2D eigenvalue weighted by atomic mass is 14.6. The van der Waals surface area contributed by atoms with Gasteiger partial charge in [-0.15, -0.1) is 0 Å². The molecule has 1 aromatic rings. The summed E-state index contributed by atoms with van der Waals surface area (Å²) in [5.74, 6) is 0. The maximum atomic E-state index is 5.89. The Kier molecular flexibility index (Phi) is 3.75. The fourth-order valence-electron chi connectivity index (χ4n) is 1.52. The molecule has 1 aromatic carbocycles. The van der Waals surface area contributed by atoms with E-state index in [1.54, 1.807) is 0 Å². The van der Waals surface area contributed by atoms with Crippen molar-refractivity contribution in [1.29, 1.82) is 0 Å². The van der Waals surface area contributed by atoms with E-state index in [0.29, 0.717) is 0 Å². The minimum atomic E-state index is 0.902. The Morgan fingerprint density at radius 1 is 1.36 bits per heavy atom. The Bertz CT molecular complexity index is 326. The summed E-state index contributed by atoms with van der Waals surface area (Å²) in [6.45, 7) is 8.32. The summed E-state index contributed by atoms with van der Waals surface area (Å²) in [6.07, 6.45) is 3.18. The van der Waals surface area contributed by atoms with Crippen molar-refractivity contribution in [1.82, 2.24) is 0 Å². The van der Waals surface area contributed by atoms with E-state index in [2.05, 4.69) is 32.6 Å². The van der Waals surface area contributed by atoms with Crippen molar-refractivity contribution in [2.75, 3.05) is 5.73 Å². The Labute approximate surface area is 86.6 Å². The molecule has 0 saturated carbocycles. The quantitative estimate of drug-likeness (QED) is 0.719. The van der Waals surface area contributed by atoms with Crippen LogP contribution in [0, 0.1) is 0 Å². The molecule has 0 aliphatic heterocycles. The number of rotatable bonds is 4. The first-order chi connectivity index (χ1) is 6.69. The van der Waals surface area contributed by atoms with Gasteiger partial charge in [0.15, 0.2) is 0 Å². The van der Waals surface area contributed by atoms with Gasteiger partial charge in [-0.1, -0.05) is 32.9 Å². The molecule has 0 fully saturated rings. The van der Waals surface area contributed by atoms with Gasteiger partial charge in [-0.2, -0.15) is 0 Å². The van der Waals surface area contributed by atoms with E-state index in [1.165, 1.54) is 16.7 Å². The lowest BCUT2D eigenvalue weighted by atomic mass is 9.99. The lowest BCUT2D eigenvalue weighted by molar-refractivity contribution is 0.923. The average Bonchev–Trinajstić information content (AvgIpc) is 2.20. The number of nitrogen functional groups attached to an aromatic ring is 1. The second-order valence-electron chi connectivity index (χ2n) is 3.62. The molecule has 0 amide bonds. The van der Waals surface area contributed by atoms with Gasteiger partial charge in [0, 0.05) is 5.69 Å². The smallest absolute Gasteiger partial charge is 0.0346 e. The summed E-state index contributed by atoms with van der Waals surface area (Å²) in [5, 5.41) is 0. The molecule has 0 radical (unpaired) electrons. The molecule has 0 aliphatic carbocycles. The van der Waals surface area contributed by atoms with Gasteiger partial charge in [0.2, 0.25) is 0 Å². The number of hydrogen-bond acceptors (Lipinski definition) is 1. The van der Waals surface area contributed by atoms with Crippen LogP contribution in [0.2, 0.25) is 0 Å². The molecular weight excluding hydrogens is 170 g/mol. The van der Waals surface area contributed by atoms with E-state index in [1.807, 2.05) is 6.07 Å². The molecule has 2 N–H and O–H groups in total. The van der Waals surface area contributed by atoms with E-state index in [9.17, 15) is 0 Å². The summed E-state index contributed by atoms with van der Waals surface area (Å²) in [4.78, 5) is 0. The highest BCUT2D eigenvalue weighted by molar-refractivity contribution is 5.66. The lowest BCUT2D eigenvalue weighted by Gasteiger charge is -2.08. The number of benzene rings is 1. The first kappa shape index (κ1) is 10.8. The maximum Gasteiger partial charge on any atom is 0.0346 e. The van der Waals surface area contributed by atoms with E-state index >= 15 is 0 Å². The highest BCUT2D eigenvalue weighted by Crippen LogP contribution is 2.22. The molecular formula is C13H19N. The van der Waals surface area contributed by atoms with Crippen LogP contribution in [0.5, 0.6) is 0 Å². The number of anilines is 1. The third-order valence-corrected chi connectivity index (χ3v) is 2.50. The fourth-order valence-corrected chi connectivity index (χ4v) is 1.52. The number of nitrogens with two attached hydrogens (primary N) is 1. The summed E-state index contributed by atoms with van der Waals surface area (Å²) < 4.78 is 0. The standard InChI is InChI=1S/C13H19N/c1-4-6-12-9-11(10(3)5-2)7-8-13(12)14/h7-9H,3-6,14H2,1-2H3. The minimum Gasteiger partial charge on any atom is -0.399 e. The second-order valence-corrected chi connectivity index (χ2v) is 3.62. The second kappa shape index (κ2) is 4.85. The SMILES string of the molecule is C=C(CC)c1ccc(N)c(CCC)c1. The predicted molar refractivity (Wildman–Crippen MR) is 64.2 cm³/mol. The Morgan fingerprint density at radius 3 is 2.64 bits per heavy atom. The molecule has 0 bridgehead atoms. The summed E-state index contributed by atoms with van der Waals surface area (Å²) >= 11 is 0. The third kappa shape index (κ3) is 2.38. The lowest BCUT2D eigenvalue weighted by Crippen LogP contribution is -1.95. The zero-order chi connectivity index (χ0) is 10.6. The average molecular weight is 189 g/mol. The minimum absolute atomic E-state index is 0.902. The van der Waals surface area contributed by atoms with Crippen molar-refractivity contribution in [3.8, 4) is 0 Å². The van der Waals surface area contributed by atoms with Crippen LogP contribution in [0.15, 0.2) is 24.8 Å². The molecule has 0 spiro atoms. The zero-order valence-electron chi connectivity index (χ0n) is 9.14. The first-order valence-corrected chi connectivity index (χ1v) is 5.25. The van der Waals surface area contributed by atoms with Crippen molar-refractivity contribution < 1.29 is 0 Å². The maximum absolute atomic E-state index is 5.89. The Balaban J connectivity index is 2.99. The fraction of sp³-hybridized carbons (Fsp3) is 0.385. The Morgan fingerprint density at radius 2 is 2.07 bits per heavy atom. The van der Waals surface area contributed by atoms with Crippen molar-refractivity contribution in [3.05, 3.63) is 35.9 Å². The van der Waals surface area contributed by atoms with E-state index in [4.69, 9.17) is 5.73 Å². The predicted octanol–water partition coefficient (Wildman–Crippen LogP) is 3.64. The van der Waals surface area contributed by atoms with Crippen LogP contribution in [-0.4, -0.2) is 0 Å². The molecule has 1 rings (SSSR count). The topological polar surface area (TPSA) is 26.0 Å². The molecule has 0 saturated heterocycles. The number of aryl methyl sites for hydroxylation is 1. The van der Waals surface area contributed by atoms with Crippen molar-refractivity contribution in [2.45, 2.75) is 33.1 Å². The van der Waals surface area contributed by atoms with Crippen LogP contribution in [0.3, 0.4) is 0 Å². The normalized spacial score (nSPS) is 10.1. The van der Waals surface area contributed by atoms with Crippen LogP contribution in [-0.2, 0) is 6.42 Å². The van der Waals surface area contributed by atoms with Crippen molar-refractivity contribution in [2.24, 2.45) is 0 Å². The molecule has 0 unspecified atom stereocenters. The molecule has 1 heteroatoms. The van der Waals surface area contributed by atoms with Gasteiger partial charge in [0.1, 0.15) is 0 Å². The zero-order valence-corrected chi connectivity index (χ0v) is 9.14. The van der Waals surface area contributed by atoms with Gasteiger partial charge in [0.05, 0.1) is 0 Å². The summed E-state index contributed by atoms with van der Waals surface area (Å²) in [7, 11) is 0. The monoisotopic (exact) mass is 189 g/mol. The number of hydrogen-bond donors (Lipinski definition) is 1. The molecule has 76 valence electrons. The number of allylic oxidation sites excluding steroid dienone is 1. The van der Waals surface area contributed by atoms with Crippen LogP contribution in [0.4, 0.5) is 5.69 Å². The van der Waals surface area contributed by atoms with Crippen LogP contribution in [0.1, 0.15) is 37.8 Å². The van der Waals surface area contributed by atoms with Gasteiger partial charge in [-0.3, -0.25) is 0 Å². The highest BCUT2D eigenvalue weighted by Gasteiger charge is 2.01. The molecule has 1 nitrogen and oxygen atoms in total. The first-order valence-electron chi connectivity index (χ1n) is 5.25. The van der Waals surface area contributed by atoms with Gasteiger partial charge in [0.25, 0.3) is 0 Å². The van der Waals surface area contributed by atoms with Crippen LogP contribution < -0.4 is 5.73 Å². The van der Waals surface area contributed by atoms with Gasteiger partial charge in [-0.05, 0) is 41.7 Å². The van der Waals surface area contributed by atoms with Crippen LogP contribution in [0.25, 0.3) is 5.57 Å². The van der Waals surface area contributed by atoms with Crippen molar-refractivity contribution >= 4 is 11.3 Å². The van der Waals surface area contributed by atoms with E-state index < -0.39 is 0 Å². The van der Waals surface area contributed by atoms with Gasteiger partial charge >= 0.3 is 0 Å². The summed E-state index contributed by atoms with van der Waals surface area (Å²) in [6, 6.07) is 6.21. The largest absolute Gasteiger partial charge is 0.399 e. The molecule has 14 heavy (non-hydrogen) atoms. The molecule has 0 aromatic heterocycles. The van der Waals surface area contributed by atoms with E-state index in [-0.39, 0.29) is 0 Å². The molecule has 0 atom stereocenters.